The Labute approximate surface area is 158 Å². The minimum atomic E-state index is -0.653. The molecule has 2 N–H and O–H groups in total. The molecule has 142 valence electrons. The SMILES string of the molecule is CC(=O)NC(=O)NCC1CN(c2ccc(-c3nc(C)no3)c(Cl)c2)C(=O)O1. The Hall–Kier alpha value is -3.14. The largest absolute Gasteiger partial charge is 0.442 e. The molecule has 27 heavy (non-hydrogen) atoms. The molecule has 4 amide bonds. The summed E-state index contributed by atoms with van der Waals surface area (Å²) in [6.45, 7) is 3.20. The first-order chi connectivity index (χ1) is 12.8. The van der Waals surface area contributed by atoms with Crippen LogP contribution in [0.1, 0.15) is 12.7 Å². The van der Waals surface area contributed by atoms with Crippen LogP contribution in [0.5, 0.6) is 0 Å². The number of imide groups is 1. The van der Waals surface area contributed by atoms with Crippen LogP contribution in [0.25, 0.3) is 11.5 Å². The highest BCUT2D eigenvalue weighted by molar-refractivity contribution is 6.33. The molecule has 1 aromatic carbocycles. The molecule has 11 heteroatoms. The van der Waals surface area contributed by atoms with Crippen molar-refractivity contribution in [3.05, 3.63) is 29.0 Å². The van der Waals surface area contributed by atoms with Crippen molar-refractivity contribution >= 4 is 35.3 Å². The monoisotopic (exact) mass is 393 g/mol. The lowest BCUT2D eigenvalue weighted by molar-refractivity contribution is -0.117. The number of rotatable bonds is 4. The summed E-state index contributed by atoms with van der Waals surface area (Å²) in [4.78, 5) is 39.9. The van der Waals surface area contributed by atoms with Gasteiger partial charge in [0.1, 0.15) is 6.10 Å². The zero-order chi connectivity index (χ0) is 19.6. The Morgan fingerprint density at radius 2 is 2.19 bits per heavy atom. The highest BCUT2D eigenvalue weighted by atomic mass is 35.5. The first kappa shape index (κ1) is 18.6. The Morgan fingerprint density at radius 1 is 1.41 bits per heavy atom. The fourth-order valence-electron chi connectivity index (χ4n) is 2.50. The number of aromatic nitrogens is 2. The van der Waals surface area contributed by atoms with Crippen molar-refractivity contribution in [2.75, 3.05) is 18.0 Å². The lowest BCUT2D eigenvalue weighted by Crippen LogP contribution is -2.42. The molecular formula is C16H16ClN5O5. The number of urea groups is 1. The number of nitrogens with zero attached hydrogens (tertiary/aromatic N) is 3. The van der Waals surface area contributed by atoms with Gasteiger partial charge in [-0.2, -0.15) is 4.98 Å². The summed E-state index contributed by atoms with van der Waals surface area (Å²) in [5.41, 5.74) is 1.08. The molecule has 1 saturated heterocycles. The van der Waals surface area contributed by atoms with Crippen molar-refractivity contribution in [2.24, 2.45) is 0 Å². The number of benzene rings is 1. The maximum absolute atomic E-state index is 12.1. The maximum Gasteiger partial charge on any atom is 0.414 e. The molecular weight excluding hydrogens is 378 g/mol. The average molecular weight is 394 g/mol. The Morgan fingerprint density at radius 3 is 2.81 bits per heavy atom. The van der Waals surface area contributed by atoms with Crippen molar-refractivity contribution in [3.63, 3.8) is 0 Å². The number of nitrogens with one attached hydrogen (secondary N) is 2. The van der Waals surface area contributed by atoms with E-state index in [0.29, 0.717) is 22.1 Å². The molecule has 0 spiro atoms. The fraction of sp³-hybridized carbons (Fsp3) is 0.312. The van der Waals surface area contributed by atoms with Gasteiger partial charge in [0.2, 0.25) is 5.91 Å². The van der Waals surface area contributed by atoms with Crippen LogP contribution in [0.4, 0.5) is 15.3 Å². The summed E-state index contributed by atoms with van der Waals surface area (Å²) < 4.78 is 10.3. The van der Waals surface area contributed by atoms with Gasteiger partial charge in [-0.1, -0.05) is 16.8 Å². The molecule has 0 radical (unpaired) electrons. The second kappa shape index (κ2) is 7.62. The lowest BCUT2D eigenvalue weighted by atomic mass is 10.2. The van der Waals surface area contributed by atoms with Gasteiger partial charge in [0, 0.05) is 12.6 Å². The Balaban J connectivity index is 1.66. The van der Waals surface area contributed by atoms with Crippen molar-refractivity contribution in [1.82, 2.24) is 20.8 Å². The van der Waals surface area contributed by atoms with E-state index in [2.05, 4.69) is 20.8 Å². The van der Waals surface area contributed by atoms with Gasteiger partial charge in [0.05, 0.1) is 23.7 Å². The van der Waals surface area contributed by atoms with Crippen LogP contribution in [-0.2, 0) is 9.53 Å². The fourth-order valence-corrected chi connectivity index (χ4v) is 2.76. The number of amides is 4. The molecule has 0 aliphatic carbocycles. The van der Waals surface area contributed by atoms with Gasteiger partial charge in [-0.3, -0.25) is 15.0 Å². The van der Waals surface area contributed by atoms with Gasteiger partial charge in [0.15, 0.2) is 5.82 Å². The smallest absolute Gasteiger partial charge is 0.414 e. The van der Waals surface area contributed by atoms with Crippen LogP contribution >= 0.6 is 11.6 Å². The molecule has 2 heterocycles. The van der Waals surface area contributed by atoms with Crippen LogP contribution in [0.3, 0.4) is 0 Å². The summed E-state index contributed by atoms with van der Waals surface area (Å²) >= 11 is 6.28. The van der Waals surface area contributed by atoms with E-state index < -0.39 is 24.1 Å². The highest BCUT2D eigenvalue weighted by Gasteiger charge is 2.33. The Bertz CT molecular complexity index is 899. The molecule has 0 saturated carbocycles. The standard InChI is InChI=1S/C16H16ClN5O5/c1-8-19-14(27-21-8)12-4-3-10(5-13(12)17)22-7-11(26-16(22)25)6-18-15(24)20-9(2)23/h3-5,11H,6-7H2,1-2H3,(H2,18,20,23,24). The van der Waals surface area contributed by atoms with Crippen molar-refractivity contribution in [2.45, 2.75) is 20.0 Å². The number of hydrogen-bond acceptors (Lipinski definition) is 7. The van der Waals surface area contributed by atoms with Crippen LogP contribution in [0.15, 0.2) is 22.7 Å². The summed E-state index contributed by atoms with van der Waals surface area (Å²) in [7, 11) is 0. The summed E-state index contributed by atoms with van der Waals surface area (Å²) in [5, 5.41) is 8.59. The van der Waals surface area contributed by atoms with Crippen molar-refractivity contribution in [3.8, 4) is 11.5 Å². The molecule has 1 unspecified atom stereocenters. The van der Waals surface area contributed by atoms with Crippen LogP contribution < -0.4 is 15.5 Å². The van der Waals surface area contributed by atoms with E-state index in [-0.39, 0.29) is 19.0 Å². The quantitative estimate of drug-likeness (QED) is 0.811. The number of halogens is 1. The number of anilines is 1. The van der Waals surface area contributed by atoms with Gasteiger partial charge in [0.25, 0.3) is 5.89 Å². The van der Waals surface area contributed by atoms with E-state index in [9.17, 15) is 14.4 Å². The summed E-state index contributed by atoms with van der Waals surface area (Å²) in [6, 6.07) is 4.29. The zero-order valence-electron chi connectivity index (χ0n) is 14.5. The minimum Gasteiger partial charge on any atom is -0.442 e. The molecule has 2 aromatic rings. The second-order valence-electron chi connectivity index (χ2n) is 5.82. The van der Waals surface area contributed by atoms with Crippen LogP contribution in [-0.4, -0.2) is 47.4 Å². The minimum absolute atomic E-state index is 0.0639. The van der Waals surface area contributed by atoms with Gasteiger partial charge in [-0.25, -0.2) is 9.59 Å². The summed E-state index contributed by atoms with van der Waals surface area (Å²) in [5.74, 6) is 0.285. The van der Waals surface area contributed by atoms with Crippen LogP contribution in [0, 0.1) is 6.92 Å². The molecule has 10 nitrogen and oxygen atoms in total. The van der Waals surface area contributed by atoms with Crippen LogP contribution in [0.2, 0.25) is 5.02 Å². The average Bonchev–Trinajstić information content (AvgIpc) is 3.18. The third kappa shape index (κ3) is 4.34. The van der Waals surface area contributed by atoms with E-state index in [4.69, 9.17) is 20.9 Å². The Kier molecular flexibility index (Phi) is 5.26. The lowest BCUT2D eigenvalue weighted by Gasteiger charge is -2.14. The van der Waals surface area contributed by atoms with E-state index >= 15 is 0 Å². The molecule has 1 aromatic heterocycles. The normalized spacial score (nSPS) is 16.2. The molecule has 0 bridgehead atoms. The van der Waals surface area contributed by atoms with E-state index in [1.165, 1.54) is 11.8 Å². The van der Waals surface area contributed by atoms with E-state index in [0.717, 1.165) is 0 Å². The third-order valence-electron chi connectivity index (χ3n) is 3.68. The molecule has 3 rings (SSSR count). The number of carbonyl (C=O) groups is 3. The topological polar surface area (TPSA) is 127 Å². The molecule has 1 aliphatic rings. The second-order valence-corrected chi connectivity index (χ2v) is 6.23. The summed E-state index contributed by atoms with van der Waals surface area (Å²) in [6.07, 6.45) is -1.13. The number of ether oxygens (including phenoxy) is 1. The predicted octanol–water partition coefficient (Wildman–Crippen LogP) is 1.87. The first-order valence-electron chi connectivity index (χ1n) is 7.97. The number of hydrogen-bond donors (Lipinski definition) is 2. The highest BCUT2D eigenvalue weighted by Crippen LogP contribution is 2.32. The maximum atomic E-state index is 12.1. The zero-order valence-corrected chi connectivity index (χ0v) is 15.2. The first-order valence-corrected chi connectivity index (χ1v) is 8.35. The van der Waals surface area contributed by atoms with Gasteiger partial charge < -0.3 is 14.6 Å². The third-order valence-corrected chi connectivity index (χ3v) is 3.99. The number of cyclic esters (lactones) is 1. The predicted molar refractivity (Wildman–Crippen MR) is 94.3 cm³/mol. The van der Waals surface area contributed by atoms with Crippen molar-refractivity contribution in [1.29, 1.82) is 0 Å². The van der Waals surface area contributed by atoms with E-state index in [1.54, 1.807) is 25.1 Å². The van der Waals surface area contributed by atoms with Crippen molar-refractivity contribution < 1.29 is 23.6 Å². The van der Waals surface area contributed by atoms with Gasteiger partial charge >= 0.3 is 12.1 Å². The molecule has 1 fully saturated rings. The van der Waals surface area contributed by atoms with Gasteiger partial charge in [-0.05, 0) is 25.1 Å². The van der Waals surface area contributed by atoms with Gasteiger partial charge in [-0.15, -0.1) is 0 Å². The van der Waals surface area contributed by atoms with E-state index in [1.807, 2.05) is 0 Å². The number of aryl methyl sites for hydroxylation is 1. The number of carbonyl (C=O) groups excluding carboxylic acids is 3. The molecule has 1 aliphatic heterocycles. The molecule has 1 atom stereocenters.